The molecule has 1 N–H and O–H groups in total. The molecule has 1 amide bonds. The van der Waals surface area contributed by atoms with Gasteiger partial charge in [0, 0.05) is 6.54 Å². The fourth-order valence-electron chi connectivity index (χ4n) is 2.19. The van der Waals surface area contributed by atoms with E-state index in [9.17, 15) is 9.59 Å². The summed E-state index contributed by atoms with van der Waals surface area (Å²) in [7, 11) is 0. The van der Waals surface area contributed by atoms with E-state index in [4.69, 9.17) is 9.84 Å². The standard InChI is InChI=1S/C16H21NO4/c1-2-21-14-7-5-12(6-8-14)9-15(18)17(11-16(19)20)10-13-3-4-13/h5-8,13H,2-4,9-11H2,1H3,(H,19,20). The zero-order valence-corrected chi connectivity index (χ0v) is 12.2. The molecule has 0 atom stereocenters. The Morgan fingerprint density at radius 2 is 1.95 bits per heavy atom. The lowest BCUT2D eigenvalue weighted by molar-refractivity contribution is -0.144. The fraction of sp³-hybridized carbons (Fsp3) is 0.500. The van der Waals surface area contributed by atoms with Gasteiger partial charge in [-0.1, -0.05) is 12.1 Å². The largest absolute Gasteiger partial charge is 0.494 e. The predicted molar refractivity (Wildman–Crippen MR) is 78.3 cm³/mol. The minimum atomic E-state index is -0.962. The quantitative estimate of drug-likeness (QED) is 0.795. The number of nitrogens with zero attached hydrogens (tertiary/aromatic N) is 1. The van der Waals surface area contributed by atoms with Crippen molar-refractivity contribution in [2.24, 2.45) is 5.92 Å². The molecule has 5 heteroatoms. The molecular weight excluding hydrogens is 270 g/mol. The molecule has 5 nitrogen and oxygen atoms in total. The van der Waals surface area contributed by atoms with Crippen molar-refractivity contribution in [2.45, 2.75) is 26.2 Å². The van der Waals surface area contributed by atoms with Crippen molar-refractivity contribution >= 4 is 11.9 Å². The summed E-state index contributed by atoms with van der Waals surface area (Å²) in [5.74, 6) is 0.159. The van der Waals surface area contributed by atoms with Gasteiger partial charge in [0.05, 0.1) is 13.0 Å². The lowest BCUT2D eigenvalue weighted by Crippen LogP contribution is -2.38. The second kappa shape index (κ2) is 7.11. The third-order valence-electron chi connectivity index (χ3n) is 3.44. The number of carbonyl (C=O) groups excluding carboxylic acids is 1. The highest BCUT2D eigenvalue weighted by Gasteiger charge is 2.27. The second-order valence-electron chi connectivity index (χ2n) is 5.37. The molecule has 0 radical (unpaired) electrons. The van der Waals surface area contributed by atoms with Crippen molar-refractivity contribution in [3.63, 3.8) is 0 Å². The van der Waals surface area contributed by atoms with Gasteiger partial charge in [0.25, 0.3) is 0 Å². The molecule has 0 unspecified atom stereocenters. The first-order valence-electron chi connectivity index (χ1n) is 7.29. The molecule has 1 aromatic rings. The van der Waals surface area contributed by atoms with Crippen LogP contribution in [0.3, 0.4) is 0 Å². The van der Waals surface area contributed by atoms with Gasteiger partial charge in [-0.25, -0.2) is 0 Å². The first-order chi connectivity index (χ1) is 10.1. The molecule has 0 bridgehead atoms. The van der Waals surface area contributed by atoms with E-state index in [1.165, 1.54) is 4.90 Å². The van der Waals surface area contributed by atoms with Crippen molar-refractivity contribution < 1.29 is 19.4 Å². The van der Waals surface area contributed by atoms with E-state index >= 15 is 0 Å². The third kappa shape index (κ3) is 5.10. The maximum Gasteiger partial charge on any atom is 0.323 e. The average Bonchev–Trinajstić information content (AvgIpc) is 3.24. The van der Waals surface area contributed by atoms with E-state index in [-0.39, 0.29) is 18.9 Å². The van der Waals surface area contributed by atoms with Crippen molar-refractivity contribution in [3.05, 3.63) is 29.8 Å². The van der Waals surface area contributed by atoms with Crippen LogP contribution in [-0.2, 0) is 16.0 Å². The summed E-state index contributed by atoms with van der Waals surface area (Å²) in [6.07, 6.45) is 2.41. The van der Waals surface area contributed by atoms with Crippen LogP contribution < -0.4 is 4.74 Å². The Morgan fingerprint density at radius 1 is 1.29 bits per heavy atom. The van der Waals surface area contributed by atoms with E-state index in [0.717, 1.165) is 24.2 Å². The van der Waals surface area contributed by atoms with Crippen LogP contribution in [0.15, 0.2) is 24.3 Å². The summed E-state index contributed by atoms with van der Waals surface area (Å²) in [6, 6.07) is 7.35. The Morgan fingerprint density at radius 3 is 2.48 bits per heavy atom. The summed E-state index contributed by atoms with van der Waals surface area (Å²) < 4.78 is 5.35. The van der Waals surface area contributed by atoms with E-state index < -0.39 is 5.97 Å². The highest BCUT2D eigenvalue weighted by molar-refractivity contribution is 5.83. The van der Waals surface area contributed by atoms with Crippen LogP contribution in [0.4, 0.5) is 0 Å². The SMILES string of the molecule is CCOc1ccc(CC(=O)N(CC(=O)O)CC2CC2)cc1. The number of rotatable bonds is 8. The molecule has 21 heavy (non-hydrogen) atoms. The molecule has 0 saturated heterocycles. The van der Waals surface area contributed by atoms with Crippen LogP contribution in [0.2, 0.25) is 0 Å². The lowest BCUT2D eigenvalue weighted by atomic mass is 10.1. The predicted octanol–water partition coefficient (Wildman–Crippen LogP) is 1.95. The van der Waals surface area contributed by atoms with E-state index in [2.05, 4.69) is 0 Å². The van der Waals surface area contributed by atoms with Gasteiger partial charge in [0.15, 0.2) is 0 Å². The smallest absolute Gasteiger partial charge is 0.323 e. The van der Waals surface area contributed by atoms with Crippen molar-refractivity contribution in [1.29, 1.82) is 0 Å². The van der Waals surface area contributed by atoms with E-state index in [0.29, 0.717) is 19.1 Å². The van der Waals surface area contributed by atoms with Crippen LogP contribution in [0.5, 0.6) is 5.75 Å². The molecule has 2 rings (SSSR count). The summed E-state index contributed by atoms with van der Waals surface area (Å²) in [4.78, 5) is 24.6. The Bertz CT molecular complexity index is 494. The van der Waals surface area contributed by atoms with Crippen LogP contribution in [0.25, 0.3) is 0 Å². The topological polar surface area (TPSA) is 66.8 Å². The zero-order chi connectivity index (χ0) is 15.2. The van der Waals surface area contributed by atoms with Gasteiger partial charge < -0.3 is 14.7 Å². The molecule has 0 spiro atoms. The van der Waals surface area contributed by atoms with Crippen molar-refractivity contribution in [1.82, 2.24) is 4.90 Å². The van der Waals surface area contributed by atoms with Gasteiger partial charge in [-0.2, -0.15) is 0 Å². The molecule has 0 heterocycles. The van der Waals surface area contributed by atoms with Crippen LogP contribution in [0, 0.1) is 5.92 Å². The van der Waals surface area contributed by atoms with Crippen molar-refractivity contribution in [2.75, 3.05) is 19.7 Å². The molecule has 0 aromatic heterocycles. The van der Waals surface area contributed by atoms with Gasteiger partial charge in [-0.05, 0) is 43.4 Å². The van der Waals surface area contributed by atoms with Gasteiger partial charge in [-0.15, -0.1) is 0 Å². The fourth-order valence-corrected chi connectivity index (χ4v) is 2.19. The Kier molecular flexibility index (Phi) is 5.20. The average molecular weight is 291 g/mol. The minimum absolute atomic E-state index is 0.131. The molecule has 1 aromatic carbocycles. The molecule has 114 valence electrons. The zero-order valence-electron chi connectivity index (χ0n) is 12.2. The summed E-state index contributed by atoms with van der Waals surface area (Å²) >= 11 is 0. The maximum absolute atomic E-state index is 12.3. The number of carboxylic acid groups (broad SMARTS) is 1. The minimum Gasteiger partial charge on any atom is -0.494 e. The van der Waals surface area contributed by atoms with E-state index in [1.54, 1.807) is 0 Å². The first-order valence-corrected chi connectivity index (χ1v) is 7.29. The molecule has 1 aliphatic rings. The van der Waals surface area contributed by atoms with Crippen LogP contribution >= 0.6 is 0 Å². The molecule has 1 aliphatic carbocycles. The number of amides is 1. The number of ether oxygens (including phenoxy) is 1. The number of carbonyl (C=O) groups is 2. The summed E-state index contributed by atoms with van der Waals surface area (Å²) in [5, 5.41) is 8.92. The van der Waals surface area contributed by atoms with Gasteiger partial charge in [0.1, 0.15) is 12.3 Å². The normalized spacial score (nSPS) is 13.8. The number of aliphatic carboxylic acids is 1. The number of carboxylic acids is 1. The first kappa shape index (κ1) is 15.4. The summed E-state index contributed by atoms with van der Waals surface area (Å²) in [5.41, 5.74) is 0.870. The molecule has 1 saturated carbocycles. The number of hydrogen-bond acceptors (Lipinski definition) is 3. The Balaban J connectivity index is 1.94. The second-order valence-corrected chi connectivity index (χ2v) is 5.37. The lowest BCUT2D eigenvalue weighted by Gasteiger charge is -2.20. The van der Waals surface area contributed by atoms with Gasteiger partial charge in [0.2, 0.25) is 5.91 Å². The monoisotopic (exact) mass is 291 g/mol. The summed E-state index contributed by atoms with van der Waals surface area (Å²) in [6.45, 7) is 2.86. The Hall–Kier alpha value is -2.04. The van der Waals surface area contributed by atoms with Crippen LogP contribution in [-0.4, -0.2) is 41.6 Å². The Labute approximate surface area is 124 Å². The maximum atomic E-state index is 12.3. The van der Waals surface area contributed by atoms with Crippen LogP contribution in [0.1, 0.15) is 25.3 Å². The number of hydrogen-bond donors (Lipinski definition) is 1. The molecular formula is C16H21NO4. The molecule has 0 aliphatic heterocycles. The highest BCUT2D eigenvalue weighted by Crippen LogP contribution is 2.29. The molecule has 1 fully saturated rings. The third-order valence-corrected chi connectivity index (χ3v) is 3.44. The van der Waals surface area contributed by atoms with Crippen molar-refractivity contribution in [3.8, 4) is 5.75 Å². The van der Waals surface area contributed by atoms with Gasteiger partial charge in [-0.3, -0.25) is 9.59 Å². The number of benzene rings is 1. The van der Waals surface area contributed by atoms with E-state index in [1.807, 2.05) is 31.2 Å². The highest BCUT2D eigenvalue weighted by atomic mass is 16.5. The van der Waals surface area contributed by atoms with Gasteiger partial charge >= 0.3 is 5.97 Å².